The molecule has 20 heavy (non-hydrogen) atoms. The lowest BCUT2D eigenvalue weighted by atomic mass is 10.1. The monoisotopic (exact) mass is 271 g/mol. The van der Waals surface area contributed by atoms with E-state index in [9.17, 15) is 10.1 Å². The number of hydrogen-bond acceptors (Lipinski definition) is 4. The van der Waals surface area contributed by atoms with Crippen LogP contribution >= 0.6 is 0 Å². The number of rotatable bonds is 5. The lowest BCUT2D eigenvalue weighted by molar-refractivity contribution is -0.384. The van der Waals surface area contributed by atoms with Crippen molar-refractivity contribution in [2.24, 2.45) is 0 Å². The van der Waals surface area contributed by atoms with Crippen LogP contribution in [0.25, 0.3) is 11.1 Å². The first-order valence-corrected chi connectivity index (χ1v) is 6.48. The summed E-state index contributed by atoms with van der Waals surface area (Å²) in [6, 6.07) is 8.99. The van der Waals surface area contributed by atoms with Gasteiger partial charge in [-0.3, -0.25) is 15.1 Å². The van der Waals surface area contributed by atoms with Crippen molar-refractivity contribution in [3.63, 3.8) is 0 Å². The van der Waals surface area contributed by atoms with Gasteiger partial charge in [0.2, 0.25) is 0 Å². The Morgan fingerprint density at radius 3 is 2.75 bits per heavy atom. The maximum absolute atomic E-state index is 10.8. The molecule has 0 fully saturated rings. The lowest BCUT2D eigenvalue weighted by Crippen LogP contribution is -2.21. The van der Waals surface area contributed by atoms with Crippen LogP contribution in [0.2, 0.25) is 0 Å². The highest BCUT2D eigenvalue weighted by atomic mass is 16.6. The van der Waals surface area contributed by atoms with Crippen LogP contribution in [0.3, 0.4) is 0 Å². The Morgan fingerprint density at radius 1 is 1.25 bits per heavy atom. The quantitative estimate of drug-likeness (QED) is 0.670. The Bertz CT molecular complexity index is 612. The van der Waals surface area contributed by atoms with Crippen molar-refractivity contribution >= 4 is 5.69 Å². The van der Waals surface area contributed by atoms with Crippen molar-refractivity contribution in [3.8, 4) is 11.1 Å². The van der Waals surface area contributed by atoms with Crippen LogP contribution in [0, 0.1) is 10.1 Å². The molecule has 1 aromatic carbocycles. The predicted octanol–water partition coefficient (Wildman–Crippen LogP) is 3.15. The van der Waals surface area contributed by atoms with Gasteiger partial charge in [0, 0.05) is 42.7 Å². The van der Waals surface area contributed by atoms with Gasteiger partial charge in [-0.2, -0.15) is 0 Å². The largest absolute Gasteiger partial charge is 0.310 e. The van der Waals surface area contributed by atoms with E-state index in [2.05, 4.69) is 24.1 Å². The maximum Gasteiger partial charge on any atom is 0.270 e. The Hall–Kier alpha value is -2.27. The zero-order valence-corrected chi connectivity index (χ0v) is 11.5. The van der Waals surface area contributed by atoms with Crippen LogP contribution in [-0.2, 0) is 6.54 Å². The summed E-state index contributed by atoms with van der Waals surface area (Å²) in [4.78, 5) is 14.6. The van der Waals surface area contributed by atoms with Gasteiger partial charge < -0.3 is 5.32 Å². The van der Waals surface area contributed by atoms with E-state index in [1.54, 1.807) is 24.5 Å². The van der Waals surface area contributed by atoms with E-state index in [4.69, 9.17) is 0 Å². The molecule has 0 aliphatic rings. The number of nitrogens with zero attached hydrogens (tertiary/aromatic N) is 2. The number of nitro groups is 1. The van der Waals surface area contributed by atoms with E-state index in [1.807, 2.05) is 12.1 Å². The molecule has 0 radical (unpaired) electrons. The van der Waals surface area contributed by atoms with E-state index >= 15 is 0 Å². The summed E-state index contributed by atoms with van der Waals surface area (Å²) in [5.74, 6) is 0. The fraction of sp³-hybridized carbons (Fsp3) is 0.267. The number of hydrogen-bond donors (Lipinski definition) is 1. The molecule has 0 saturated heterocycles. The molecule has 0 spiro atoms. The summed E-state index contributed by atoms with van der Waals surface area (Å²) in [6.45, 7) is 4.89. The molecule has 0 aliphatic carbocycles. The van der Waals surface area contributed by atoms with Crippen LogP contribution in [0.4, 0.5) is 5.69 Å². The second-order valence-corrected chi connectivity index (χ2v) is 4.92. The van der Waals surface area contributed by atoms with E-state index in [0.29, 0.717) is 6.04 Å². The number of aromatic nitrogens is 1. The van der Waals surface area contributed by atoms with Gasteiger partial charge in [0.05, 0.1) is 4.92 Å². The van der Waals surface area contributed by atoms with Gasteiger partial charge in [0.1, 0.15) is 0 Å². The molecule has 0 saturated carbocycles. The molecule has 1 heterocycles. The first kappa shape index (κ1) is 14.1. The van der Waals surface area contributed by atoms with Crippen molar-refractivity contribution in [3.05, 3.63) is 58.4 Å². The van der Waals surface area contributed by atoms with Crippen molar-refractivity contribution in [2.75, 3.05) is 0 Å². The standard InChI is InChI=1S/C15H17N3O2/c1-11(2)17-9-12-6-14(10-16-8-12)13-4-3-5-15(7-13)18(19)20/h3-8,10-11,17H,9H2,1-2H3. The summed E-state index contributed by atoms with van der Waals surface area (Å²) < 4.78 is 0. The Morgan fingerprint density at radius 2 is 2.05 bits per heavy atom. The minimum absolute atomic E-state index is 0.0909. The van der Waals surface area contributed by atoms with Crippen LogP contribution in [0.1, 0.15) is 19.4 Å². The number of pyridine rings is 1. The van der Waals surface area contributed by atoms with Crippen LogP contribution < -0.4 is 5.32 Å². The molecule has 5 nitrogen and oxygen atoms in total. The summed E-state index contributed by atoms with van der Waals surface area (Å²) in [6.07, 6.45) is 3.52. The minimum atomic E-state index is -0.388. The second kappa shape index (κ2) is 6.25. The van der Waals surface area contributed by atoms with Crippen LogP contribution in [0.15, 0.2) is 42.7 Å². The SMILES string of the molecule is CC(C)NCc1cncc(-c2cccc([N+](=O)[O-])c2)c1. The highest BCUT2D eigenvalue weighted by Gasteiger charge is 2.07. The van der Waals surface area contributed by atoms with E-state index in [-0.39, 0.29) is 10.6 Å². The zero-order valence-electron chi connectivity index (χ0n) is 11.5. The molecule has 0 atom stereocenters. The molecule has 2 aromatic rings. The van der Waals surface area contributed by atoms with Crippen molar-refractivity contribution in [1.82, 2.24) is 10.3 Å². The summed E-state index contributed by atoms with van der Waals surface area (Å²) >= 11 is 0. The first-order chi connectivity index (χ1) is 9.56. The number of nitrogens with one attached hydrogen (secondary N) is 1. The normalized spacial score (nSPS) is 10.8. The molecular weight excluding hydrogens is 254 g/mol. The Balaban J connectivity index is 2.26. The molecule has 104 valence electrons. The summed E-state index contributed by atoms with van der Waals surface area (Å²) in [5.41, 5.74) is 2.84. The molecular formula is C15H17N3O2. The highest BCUT2D eigenvalue weighted by Crippen LogP contribution is 2.23. The van der Waals surface area contributed by atoms with Crippen LogP contribution in [-0.4, -0.2) is 15.9 Å². The fourth-order valence-corrected chi connectivity index (χ4v) is 1.86. The van der Waals surface area contributed by atoms with Crippen molar-refractivity contribution in [2.45, 2.75) is 26.4 Å². The second-order valence-electron chi connectivity index (χ2n) is 4.92. The van der Waals surface area contributed by atoms with E-state index in [1.165, 1.54) is 6.07 Å². The molecule has 0 amide bonds. The van der Waals surface area contributed by atoms with Crippen molar-refractivity contribution in [1.29, 1.82) is 0 Å². The van der Waals surface area contributed by atoms with Crippen LogP contribution in [0.5, 0.6) is 0 Å². The van der Waals surface area contributed by atoms with Gasteiger partial charge in [-0.05, 0) is 17.2 Å². The van der Waals surface area contributed by atoms with Gasteiger partial charge >= 0.3 is 0 Å². The van der Waals surface area contributed by atoms with Gasteiger partial charge in [-0.25, -0.2) is 0 Å². The summed E-state index contributed by atoms with van der Waals surface area (Å²) in [7, 11) is 0. The summed E-state index contributed by atoms with van der Waals surface area (Å²) in [5, 5.41) is 14.1. The molecule has 5 heteroatoms. The topological polar surface area (TPSA) is 68.1 Å². The third kappa shape index (κ3) is 3.61. The number of non-ortho nitro benzene ring substituents is 1. The fourth-order valence-electron chi connectivity index (χ4n) is 1.86. The number of nitro benzene ring substituents is 1. The molecule has 0 unspecified atom stereocenters. The molecule has 0 bridgehead atoms. The molecule has 0 aliphatic heterocycles. The average molecular weight is 271 g/mol. The van der Waals surface area contributed by atoms with Gasteiger partial charge in [-0.15, -0.1) is 0 Å². The first-order valence-electron chi connectivity index (χ1n) is 6.48. The van der Waals surface area contributed by atoms with Gasteiger partial charge in [-0.1, -0.05) is 26.0 Å². The third-order valence-electron chi connectivity index (χ3n) is 2.90. The lowest BCUT2D eigenvalue weighted by Gasteiger charge is -2.09. The predicted molar refractivity (Wildman–Crippen MR) is 78.3 cm³/mol. The smallest absolute Gasteiger partial charge is 0.270 e. The third-order valence-corrected chi connectivity index (χ3v) is 2.90. The molecule has 2 rings (SSSR count). The van der Waals surface area contributed by atoms with Crippen molar-refractivity contribution < 1.29 is 4.92 Å². The Labute approximate surface area is 117 Å². The number of benzene rings is 1. The minimum Gasteiger partial charge on any atom is -0.310 e. The van der Waals surface area contributed by atoms with Gasteiger partial charge in [0.15, 0.2) is 0 Å². The molecule has 1 N–H and O–H groups in total. The maximum atomic E-state index is 10.8. The Kier molecular flexibility index (Phi) is 4.42. The van der Waals surface area contributed by atoms with Gasteiger partial charge in [0.25, 0.3) is 5.69 Å². The van der Waals surface area contributed by atoms with E-state index in [0.717, 1.165) is 23.2 Å². The highest BCUT2D eigenvalue weighted by molar-refractivity contribution is 5.65. The van der Waals surface area contributed by atoms with E-state index < -0.39 is 0 Å². The zero-order chi connectivity index (χ0) is 14.5. The average Bonchev–Trinajstić information content (AvgIpc) is 2.45. The molecule has 1 aromatic heterocycles.